The van der Waals surface area contributed by atoms with E-state index in [0.29, 0.717) is 29.9 Å². The molecule has 0 atom stereocenters. The number of carbonyl (C=O) groups excluding carboxylic acids is 1. The van der Waals surface area contributed by atoms with E-state index in [1.165, 1.54) is 11.1 Å². The van der Waals surface area contributed by atoms with Gasteiger partial charge in [-0.3, -0.25) is 4.79 Å². The van der Waals surface area contributed by atoms with E-state index in [-0.39, 0.29) is 17.9 Å². The highest BCUT2D eigenvalue weighted by molar-refractivity contribution is 6.00. The number of carbonyl (C=O) groups is 2. The second-order valence-corrected chi connectivity index (χ2v) is 8.27. The maximum Gasteiger partial charge on any atom is 0.335 e. The number of nitrogens with one attached hydrogen (secondary N) is 1. The lowest BCUT2D eigenvalue weighted by atomic mass is 9.97. The van der Waals surface area contributed by atoms with Crippen LogP contribution in [0.3, 0.4) is 0 Å². The molecule has 1 amide bonds. The van der Waals surface area contributed by atoms with Gasteiger partial charge in [0.05, 0.1) is 12.0 Å². The normalized spacial score (nSPS) is 10.7. The van der Waals surface area contributed by atoms with Gasteiger partial charge in [0.25, 0.3) is 0 Å². The summed E-state index contributed by atoms with van der Waals surface area (Å²) in [5.41, 5.74) is 4.20. The lowest BCUT2D eigenvalue weighted by Gasteiger charge is -2.14. The number of amides is 1. The molecule has 2 N–H and O–H groups in total. The third-order valence-electron chi connectivity index (χ3n) is 5.85. The van der Waals surface area contributed by atoms with E-state index in [4.69, 9.17) is 4.74 Å². The SMILES string of the molecule is Cc1ccccc1CCNC(=O)Cc1cc(C(=O)O)cc2c(OCc3ccccc3)cccc12. The lowest BCUT2D eigenvalue weighted by molar-refractivity contribution is -0.120. The number of hydrogen-bond donors (Lipinski definition) is 2. The quantitative estimate of drug-likeness (QED) is 0.359. The van der Waals surface area contributed by atoms with Crippen LogP contribution in [0.4, 0.5) is 0 Å². The van der Waals surface area contributed by atoms with Crippen molar-refractivity contribution in [3.8, 4) is 5.75 Å². The van der Waals surface area contributed by atoms with Crippen LogP contribution < -0.4 is 10.1 Å². The molecule has 0 fully saturated rings. The number of benzene rings is 4. The summed E-state index contributed by atoms with van der Waals surface area (Å²) in [6.07, 6.45) is 0.833. The second-order valence-electron chi connectivity index (χ2n) is 8.27. The fourth-order valence-corrected chi connectivity index (χ4v) is 4.03. The highest BCUT2D eigenvalue weighted by atomic mass is 16.5. The smallest absolute Gasteiger partial charge is 0.335 e. The Bertz CT molecular complexity index is 1310. The number of hydrogen-bond acceptors (Lipinski definition) is 3. The van der Waals surface area contributed by atoms with Crippen molar-refractivity contribution in [3.05, 3.63) is 113 Å². The van der Waals surface area contributed by atoms with E-state index >= 15 is 0 Å². The average molecular weight is 454 g/mol. The summed E-state index contributed by atoms with van der Waals surface area (Å²) in [4.78, 5) is 24.5. The Kier molecular flexibility index (Phi) is 7.23. The molecule has 0 saturated carbocycles. The van der Waals surface area contributed by atoms with Crippen molar-refractivity contribution < 1.29 is 19.4 Å². The fraction of sp³-hybridized carbons (Fsp3) is 0.172. The molecule has 0 bridgehead atoms. The number of aryl methyl sites for hydroxylation is 1. The van der Waals surface area contributed by atoms with Gasteiger partial charge in [0.1, 0.15) is 12.4 Å². The van der Waals surface area contributed by atoms with Crippen molar-refractivity contribution in [1.29, 1.82) is 0 Å². The zero-order valence-electron chi connectivity index (χ0n) is 19.1. The minimum Gasteiger partial charge on any atom is -0.488 e. The van der Waals surface area contributed by atoms with Gasteiger partial charge in [-0.05, 0) is 59.2 Å². The third-order valence-corrected chi connectivity index (χ3v) is 5.85. The predicted molar refractivity (Wildman–Crippen MR) is 133 cm³/mol. The Morgan fingerprint density at radius 1 is 0.853 bits per heavy atom. The molecule has 5 nitrogen and oxygen atoms in total. The maximum atomic E-state index is 12.7. The van der Waals surface area contributed by atoms with Crippen LogP contribution >= 0.6 is 0 Å². The molecule has 0 aliphatic rings. The van der Waals surface area contributed by atoms with E-state index in [2.05, 4.69) is 24.4 Å². The minimum atomic E-state index is -1.04. The highest BCUT2D eigenvalue weighted by Crippen LogP contribution is 2.31. The minimum absolute atomic E-state index is 0.0908. The summed E-state index contributed by atoms with van der Waals surface area (Å²) in [5.74, 6) is -0.598. The summed E-state index contributed by atoms with van der Waals surface area (Å²) in [5, 5.41) is 14.1. The van der Waals surface area contributed by atoms with Crippen LogP contribution in [0.5, 0.6) is 5.75 Å². The van der Waals surface area contributed by atoms with Crippen LogP contribution in [0.1, 0.15) is 32.6 Å². The van der Waals surface area contributed by atoms with Gasteiger partial charge in [-0.15, -0.1) is 0 Å². The van der Waals surface area contributed by atoms with Crippen LogP contribution in [-0.2, 0) is 24.2 Å². The van der Waals surface area contributed by atoms with E-state index in [9.17, 15) is 14.7 Å². The summed E-state index contributed by atoms with van der Waals surface area (Å²) >= 11 is 0. The number of rotatable bonds is 9. The van der Waals surface area contributed by atoms with Gasteiger partial charge in [0.15, 0.2) is 0 Å². The Morgan fingerprint density at radius 3 is 2.38 bits per heavy atom. The highest BCUT2D eigenvalue weighted by Gasteiger charge is 2.15. The van der Waals surface area contributed by atoms with Crippen molar-refractivity contribution in [1.82, 2.24) is 5.32 Å². The van der Waals surface area contributed by atoms with E-state index < -0.39 is 5.97 Å². The lowest BCUT2D eigenvalue weighted by Crippen LogP contribution is -2.27. The Labute approximate surface area is 199 Å². The van der Waals surface area contributed by atoms with Crippen molar-refractivity contribution >= 4 is 22.6 Å². The van der Waals surface area contributed by atoms with E-state index in [1.807, 2.05) is 60.7 Å². The second kappa shape index (κ2) is 10.7. The molecule has 4 aromatic rings. The Balaban J connectivity index is 1.53. The molecule has 0 radical (unpaired) electrons. The van der Waals surface area contributed by atoms with Crippen LogP contribution in [0.15, 0.2) is 84.9 Å². The molecule has 0 saturated heterocycles. The molecular formula is C29H27NO4. The molecule has 0 unspecified atom stereocenters. The molecule has 34 heavy (non-hydrogen) atoms. The number of carboxylic acids is 1. The zero-order valence-corrected chi connectivity index (χ0v) is 19.1. The number of carboxylic acid groups (broad SMARTS) is 1. The van der Waals surface area contributed by atoms with Gasteiger partial charge in [-0.25, -0.2) is 4.79 Å². The molecule has 0 aliphatic carbocycles. The zero-order chi connectivity index (χ0) is 23.9. The topological polar surface area (TPSA) is 75.6 Å². The van der Waals surface area contributed by atoms with Crippen molar-refractivity contribution in [2.75, 3.05) is 6.54 Å². The molecule has 0 aliphatic heterocycles. The first-order valence-corrected chi connectivity index (χ1v) is 11.3. The first kappa shape index (κ1) is 23.1. The van der Waals surface area contributed by atoms with Gasteiger partial charge in [-0.1, -0.05) is 66.7 Å². The van der Waals surface area contributed by atoms with Crippen LogP contribution in [0, 0.1) is 6.92 Å². The number of aromatic carboxylic acids is 1. The van der Waals surface area contributed by atoms with Crippen molar-refractivity contribution in [3.63, 3.8) is 0 Å². The van der Waals surface area contributed by atoms with Gasteiger partial charge >= 0.3 is 5.97 Å². The van der Waals surface area contributed by atoms with Crippen molar-refractivity contribution in [2.24, 2.45) is 0 Å². The largest absolute Gasteiger partial charge is 0.488 e. The number of fused-ring (bicyclic) bond motifs is 1. The van der Waals surface area contributed by atoms with Crippen LogP contribution in [0.25, 0.3) is 10.8 Å². The van der Waals surface area contributed by atoms with E-state index in [0.717, 1.165) is 17.4 Å². The van der Waals surface area contributed by atoms with Gasteiger partial charge < -0.3 is 15.2 Å². The molecule has 5 heteroatoms. The Morgan fingerprint density at radius 2 is 1.62 bits per heavy atom. The standard InChI is InChI=1S/C29H27NO4/c1-20-8-5-6-11-22(20)14-15-30-28(31)18-23-16-24(29(32)33)17-26-25(23)12-7-13-27(26)34-19-21-9-3-2-4-10-21/h2-13,16-17H,14-15,18-19H2,1H3,(H,30,31)(H,32,33). The average Bonchev–Trinajstić information content (AvgIpc) is 2.84. The van der Waals surface area contributed by atoms with Gasteiger partial charge in [-0.2, -0.15) is 0 Å². The predicted octanol–water partition coefficient (Wildman–Crippen LogP) is 5.33. The molecule has 4 rings (SSSR count). The van der Waals surface area contributed by atoms with Crippen LogP contribution in [0.2, 0.25) is 0 Å². The third kappa shape index (κ3) is 5.62. The molecular weight excluding hydrogens is 426 g/mol. The Hall–Kier alpha value is -4.12. The van der Waals surface area contributed by atoms with Crippen LogP contribution in [-0.4, -0.2) is 23.5 Å². The molecule has 4 aromatic carbocycles. The fourth-order valence-electron chi connectivity index (χ4n) is 4.03. The molecule has 0 heterocycles. The van der Waals surface area contributed by atoms with Gasteiger partial charge in [0.2, 0.25) is 5.91 Å². The first-order valence-electron chi connectivity index (χ1n) is 11.3. The maximum absolute atomic E-state index is 12.7. The monoisotopic (exact) mass is 453 g/mol. The first-order chi connectivity index (χ1) is 16.5. The summed E-state index contributed by atoms with van der Waals surface area (Å²) < 4.78 is 6.03. The number of ether oxygens (including phenoxy) is 1. The molecule has 0 spiro atoms. The summed E-state index contributed by atoms with van der Waals surface area (Å²) in [6, 6.07) is 26.6. The molecule has 0 aromatic heterocycles. The summed E-state index contributed by atoms with van der Waals surface area (Å²) in [7, 11) is 0. The molecule has 172 valence electrons. The van der Waals surface area contributed by atoms with Gasteiger partial charge in [0, 0.05) is 11.9 Å². The summed E-state index contributed by atoms with van der Waals surface area (Å²) in [6.45, 7) is 2.94. The van der Waals surface area contributed by atoms with Crippen molar-refractivity contribution in [2.45, 2.75) is 26.4 Å². The van der Waals surface area contributed by atoms with E-state index in [1.54, 1.807) is 12.1 Å².